The monoisotopic (exact) mass is 312 g/mol. The summed E-state index contributed by atoms with van der Waals surface area (Å²) in [7, 11) is 0. The fourth-order valence-electron chi connectivity index (χ4n) is 1.46. The summed E-state index contributed by atoms with van der Waals surface area (Å²) < 4.78 is 4.72. The minimum absolute atomic E-state index is 0.102. The molecule has 0 bridgehead atoms. The molecule has 2 N–H and O–H groups in total. The van der Waals surface area contributed by atoms with E-state index in [0.717, 1.165) is 0 Å². The van der Waals surface area contributed by atoms with Crippen LogP contribution in [0.1, 0.15) is 23.7 Å². The fourth-order valence-corrected chi connectivity index (χ4v) is 1.59. The molecule has 0 aliphatic heterocycles. The number of amides is 2. The minimum Gasteiger partial charge on any atom is -0.466 e. The Morgan fingerprint density at radius 3 is 2.43 bits per heavy atom. The van der Waals surface area contributed by atoms with Gasteiger partial charge in [0, 0.05) is 17.1 Å². The van der Waals surface area contributed by atoms with Crippen molar-refractivity contribution in [2.45, 2.75) is 13.3 Å². The van der Waals surface area contributed by atoms with Crippen molar-refractivity contribution in [3.05, 3.63) is 34.9 Å². The predicted octanol–water partition coefficient (Wildman–Crippen LogP) is 1.14. The summed E-state index contributed by atoms with van der Waals surface area (Å²) in [6, 6.07) is 6.32. The van der Waals surface area contributed by atoms with Crippen LogP contribution in [-0.4, -0.2) is 37.5 Å². The molecule has 0 aromatic heterocycles. The van der Waals surface area contributed by atoms with Gasteiger partial charge in [-0.2, -0.15) is 0 Å². The van der Waals surface area contributed by atoms with Gasteiger partial charge in [0.05, 0.1) is 19.6 Å². The number of hydrogen-bond acceptors (Lipinski definition) is 4. The maximum atomic E-state index is 11.7. The lowest BCUT2D eigenvalue weighted by atomic mass is 10.2. The van der Waals surface area contributed by atoms with E-state index in [1.807, 2.05) is 0 Å². The van der Waals surface area contributed by atoms with Crippen LogP contribution in [-0.2, 0) is 14.3 Å². The smallest absolute Gasteiger partial charge is 0.307 e. The Balaban J connectivity index is 2.25. The largest absolute Gasteiger partial charge is 0.466 e. The van der Waals surface area contributed by atoms with Gasteiger partial charge in [-0.15, -0.1) is 0 Å². The fraction of sp³-hybridized carbons (Fsp3) is 0.357. The van der Waals surface area contributed by atoms with Gasteiger partial charge in [0.25, 0.3) is 5.91 Å². The van der Waals surface area contributed by atoms with E-state index in [4.69, 9.17) is 16.3 Å². The van der Waals surface area contributed by atoms with Crippen molar-refractivity contribution in [2.24, 2.45) is 0 Å². The first-order chi connectivity index (χ1) is 10.0. The highest BCUT2D eigenvalue weighted by Crippen LogP contribution is 2.09. The summed E-state index contributed by atoms with van der Waals surface area (Å²) in [5, 5.41) is 5.51. The van der Waals surface area contributed by atoms with Gasteiger partial charge in [-0.05, 0) is 31.2 Å². The highest BCUT2D eigenvalue weighted by molar-refractivity contribution is 6.30. The first kappa shape index (κ1) is 17.0. The molecule has 2 amide bonds. The Morgan fingerprint density at radius 2 is 1.81 bits per heavy atom. The number of ether oxygens (including phenoxy) is 1. The van der Waals surface area contributed by atoms with Crippen LogP contribution >= 0.6 is 11.6 Å². The van der Waals surface area contributed by atoms with Gasteiger partial charge >= 0.3 is 5.97 Å². The molecule has 0 atom stereocenters. The van der Waals surface area contributed by atoms with E-state index in [2.05, 4.69) is 10.6 Å². The molecule has 0 unspecified atom stereocenters. The number of benzene rings is 1. The third kappa shape index (κ3) is 6.76. The van der Waals surface area contributed by atoms with Crippen LogP contribution in [0.4, 0.5) is 0 Å². The van der Waals surface area contributed by atoms with Crippen molar-refractivity contribution in [1.29, 1.82) is 0 Å². The second-order valence-corrected chi connectivity index (χ2v) is 4.53. The Morgan fingerprint density at radius 1 is 1.14 bits per heavy atom. The van der Waals surface area contributed by atoms with E-state index in [0.29, 0.717) is 17.2 Å². The molecule has 0 radical (unpaired) electrons. The highest BCUT2D eigenvalue weighted by atomic mass is 35.5. The number of hydrogen-bond donors (Lipinski definition) is 2. The van der Waals surface area contributed by atoms with E-state index in [-0.39, 0.29) is 37.3 Å². The summed E-state index contributed by atoms with van der Waals surface area (Å²) in [6.45, 7) is 2.03. The molecule has 1 rings (SSSR count). The first-order valence-electron chi connectivity index (χ1n) is 6.49. The maximum Gasteiger partial charge on any atom is 0.307 e. The second kappa shape index (κ2) is 8.97. The van der Waals surface area contributed by atoms with Gasteiger partial charge in [-0.25, -0.2) is 0 Å². The third-order valence-electron chi connectivity index (χ3n) is 2.47. The van der Waals surface area contributed by atoms with Crippen molar-refractivity contribution in [3.8, 4) is 0 Å². The Hall–Kier alpha value is -2.08. The molecule has 7 heteroatoms. The van der Waals surface area contributed by atoms with Gasteiger partial charge in [-0.1, -0.05) is 11.6 Å². The Bertz CT molecular complexity index is 502. The first-order valence-corrected chi connectivity index (χ1v) is 6.86. The minimum atomic E-state index is -0.374. The van der Waals surface area contributed by atoms with Crippen molar-refractivity contribution in [2.75, 3.05) is 19.7 Å². The average molecular weight is 313 g/mol. The zero-order valence-corrected chi connectivity index (χ0v) is 12.4. The molecule has 0 aliphatic rings. The van der Waals surface area contributed by atoms with Gasteiger partial charge in [0.2, 0.25) is 5.91 Å². The summed E-state index contributed by atoms with van der Waals surface area (Å²) in [5.74, 6) is -1.11. The van der Waals surface area contributed by atoms with Crippen LogP contribution in [0.2, 0.25) is 5.02 Å². The lowest BCUT2D eigenvalue weighted by Gasteiger charge is -2.07. The lowest BCUT2D eigenvalue weighted by Crippen LogP contribution is -2.37. The topological polar surface area (TPSA) is 84.5 Å². The molecule has 0 heterocycles. The summed E-state index contributed by atoms with van der Waals surface area (Å²) >= 11 is 5.72. The molecule has 0 fully saturated rings. The molecule has 6 nitrogen and oxygen atoms in total. The van der Waals surface area contributed by atoms with Gasteiger partial charge < -0.3 is 15.4 Å². The maximum absolute atomic E-state index is 11.7. The molecular weight excluding hydrogens is 296 g/mol. The third-order valence-corrected chi connectivity index (χ3v) is 2.72. The number of halogens is 1. The zero-order valence-electron chi connectivity index (χ0n) is 11.6. The van der Waals surface area contributed by atoms with Crippen molar-refractivity contribution < 1.29 is 19.1 Å². The highest BCUT2D eigenvalue weighted by Gasteiger charge is 2.08. The van der Waals surface area contributed by atoms with Crippen LogP contribution in [0, 0.1) is 0 Å². The normalized spacial score (nSPS) is 9.81. The molecule has 1 aromatic carbocycles. The number of rotatable bonds is 7. The quantitative estimate of drug-likeness (QED) is 0.739. The van der Waals surface area contributed by atoms with Crippen LogP contribution in [0.5, 0.6) is 0 Å². The van der Waals surface area contributed by atoms with E-state index in [1.54, 1.807) is 31.2 Å². The molecular formula is C14H17ClN2O4. The molecule has 114 valence electrons. The molecule has 21 heavy (non-hydrogen) atoms. The number of esters is 1. The molecule has 0 saturated heterocycles. The van der Waals surface area contributed by atoms with Crippen molar-refractivity contribution in [1.82, 2.24) is 10.6 Å². The van der Waals surface area contributed by atoms with E-state index >= 15 is 0 Å². The summed E-state index contributed by atoms with van der Waals surface area (Å²) in [4.78, 5) is 34.2. The molecule has 0 spiro atoms. The van der Waals surface area contributed by atoms with Crippen molar-refractivity contribution in [3.63, 3.8) is 0 Å². The molecule has 0 aliphatic carbocycles. The Kier molecular flexibility index (Phi) is 7.25. The van der Waals surface area contributed by atoms with Crippen LogP contribution < -0.4 is 10.6 Å². The number of carbonyl (C=O) groups is 3. The standard InChI is InChI=1S/C14H17ClN2O4/c1-2-21-13(19)7-8-16-12(18)9-17-14(20)10-3-5-11(15)6-4-10/h3-6H,2,7-9H2,1H3,(H,16,18)(H,17,20). The van der Waals surface area contributed by atoms with E-state index < -0.39 is 0 Å². The lowest BCUT2D eigenvalue weighted by molar-refractivity contribution is -0.143. The van der Waals surface area contributed by atoms with Gasteiger partial charge in [0.1, 0.15) is 0 Å². The zero-order chi connectivity index (χ0) is 15.7. The molecule has 1 aromatic rings. The van der Waals surface area contributed by atoms with Gasteiger partial charge in [0.15, 0.2) is 0 Å². The van der Waals surface area contributed by atoms with Crippen LogP contribution in [0.15, 0.2) is 24.3 Å². The average Bonchev–Trinajstić information content (AvgIpc) is 2.46. The van der Waals surface area contributed by atoms with Gasteiger partial charge in [-0.3, -0.25) is 14.4 Å². The Labute approximate surface area is 127 Å². The van der Waals surface area contributed by atoms with Crippen LogP contribution in [0.25, 0.3) is 0 Å². The van der Waals surface area contributed by atoms with Crippen LogP contribution in [0.3, 0.4) is 0 Å². The number of carbonyl (C=O) groups excluding carboxylic acids is 3. The van der Waals surface area contributed by atoms with E-state index in [9.17, 15) is 14.4 Å². The predicted molar refractivity (Wildman–Crippen MR) is 78.0 cm³/mol. The molecule has 0 saturated carbocycles. The number of nitrogens with one attached hydrogen (secondary N) is 2. The summed E-state index contributed by atoms with van der Waals surface area (Å²) in [5.41, 5.74) is 0.415. The second-order valence-electron chi connectivity index (χ2n) is 4.09. The van der Waals surface area contributed by atoms with E-state index in [1.165, 1.54) is 0 Å². The van der Waals surface area contributed by atoms with Crippen molar-refractivity contribution >= 4 is 29.4 Å². The summed E-state index contributed by atoms with van der Waals surface area (Å²) in [6.07, 6.45) is 0.102. The SMILES string of the molecule is CCOC(=O)CCNC(=O)CNC(=O)c1ccc(Cl)cc1.